The van der Waals surface area contributed by atoms with Gasteiger partial charge in [0.2, 0.25) is 0 Å². The summed E-state index contributed by atoms with van der Waals surface area (Å²) in [6, 6.07) is 11.0. The lowest BCUT2D eigenvalue weighted by Crippen LogP contribution is -2.19. The maximum absolute atomic E-state index is 5.44. The number of methoxy groups -OCH3 is 3. The predicted octanol–water partition coefficient (Wildman–Crippen LogP) is 4.18. The zero-order chi connectivity index (χ0) is 19.2. The number of anilines is 2. The maximum Gasteiger partial charge on any atom is 0.181 e. The standard InChI is InChI=1S/C19H19N3O4S/c1-23-15-7-5-13(9-17(15)25-3)22-19(27)21-12-4-6-14(16(8-12)24-2)18-10-20-11-26-18/h4-11H,1-3H3,(H2,21,22,27). The molecule has 2 aromatic carbocycles. The summed E-state index contributed by atoms with van der Waals surface area (Å²) in [7, 11) is 4.77. The quantitative estimate of drug-likeness (QED) is 0.612. The van der Waals surface area contributed by atoms with Gasteiger partial charge in [-0.2, -0.15) is 0 Å². The highest BCUT2D eigenvalue weighted by Gasteiger charge is 2.11. The normalized spacial score (nSPS) is 10.2. The average molecular weight is 385 g/mol. The Morgan fingerprint density at radius 2 is 1.52 bits per heavy atom. The number of nitrogens with zero attached hydrogens (tertiary/aromatic N) is 1. The molecule has 0 radical (unpaired) electrons. The van der Waals surface area contributed by atoms with Gasteiger partial charge in [0.25, 0.3) is 0 Å². The van der Waals surface area contributed by atoms with Gasteiger partial charge in [0.1, 0.15) is 5.75 Å². The largest absolute Gasteiger partial charge is 0.496 e. The summed E-state index contributed by atoms with van der Waals surface area (Å²) in [5.41, 5.74) is 2.35. The highest BCUT2D eigenvalue weighted by Crippen LogP contribution is 2.33. The molecule has 3 aromatic rings. The van der Waals surface area contributed by atoms with Gasteiger partial charge in [0.05, 0.1) is 33.1 Å². The lowest BCUT2D eigenvalue weighted by atomic mass is 10.1. The third-order valence-electron chi connectivity index (χ3n) is 3.80. The molecule has 1 heterocycles. The van der Waals surface area contributed by atoms with Crippen LogP contribution in [0.3, 0.4) is 0 Å². The van der Waals surface area contributed by atoms with Crippen LogP contribution in [0.25, 0.3) is 11.3 Å². The minimum Gasteiger partial charge on any atom is -0.496 e. The number of hydrogen-bond donors (Lipinski definition) is 2. The van der Waals surface area contributed by atoms with E-state index < -0.39 is 0 Å². The first-order valence-electron chi connectivity index (χ1n) is 8.01. The Hall–Kier alpha value is -3.26. The number of hydrogen-bond acceptors (Lipinski definition) is 6. The van der Waals surface area contributed by atoms with Crippen LogP contribution in [0, 0.1) is 0 Å². The molecule has 0 aliphatic heterocycles. The minimum absolute atomic E-state index is 0.427. The van der Waals surface area contributed by atoms with Crippen molar-refractivity contribution in [3.05, 3.63) is 49.0 Å². The van der Waals surface area contributed by atoms with Gasteiger partial charge in [-0.1, -0.05) is 0 Å². The maximum atomic E-state index is 5.44. The molecule has 0 unspecified atom stereocenters. The van der Waals surface area contributed by atoms with Gasteiger partial charge >= 0.3 is 0 Å². The first kappa shape index (κ1) is 18.5. The molecule has 8 heteroatoms. The summed E-state index contributed by atoms with van der Waals surface area (Å²) >= 11 is 5.39. The lowest BCUT2D eigenvalue weighted by Gasteiger charge is -2.14. The van der Waals surface area contributed by atoms with Crippen LogP contribution in [0.2, 0.25) is 0 Å². The van der Waals surface area contributed by atoms with Crippen LogP contribution in [-0.4, -0.2) is 31.4 Å². The van der Waals surface area contributed by atoms with Crippen LogP contribution in [0.1, 0.15) is 0 Å². The van der Waals surface area contributed by atoms with Crippen molar-refractivity contribution in [2.45, 2.75) is 0 Å². The van der Waals surface area contributed by atoms with Gasteiger partial charge in [-0.25, -0.2) is 4.98 Å². The molecule has 7 nitrogen and oxygen atoms in total. The number of rotatable bonds is 6. The van der Waals surface area contributed by atoms with Gasteiger partial charge in [-0.15, -0.1) is 0 Å². The molecule has 140 valence electrons. The molecule has 27 heavy (non-hydrogen) atoms. The Balaban J connectivity index is 1.72. The zero-order valence-electron chi connectivity index (χ0n) is 15.1. The SMILES string of the molecule is COc1ccc(NC(=S)Nc2ccc(-c3cnco3)c(OC)c2)cc1OC. The molecule has 0 atom stereocenters. The Kier molecular flexibility index (Phi) is 5.77. The van der Waals surface area contributed by atoms with E-state index in [-0.39, 0.29) is 0 Å². The molecule has 0 aliphatic rings. The van der Waals surface area contributed by atoms with Crippen LogP contribution in [0.15, 0.2) is 53.4 Å². The molecule has 0 saturated heterocycles. The van der Waals surface area contributed by atoms with E-state index in [2.05, 4.69) is 15.6 Å². The fraction of sp³-hybridized carbons (Fsp3) is 0.158. The molecule has 0 aliphatic carbocycles. The third-order valence-corrected chi connectivity index (χ3v) is 4.00. The zero-order valence-corrected chi connectivity index (χ0v) is 15.9. The van der Waals surface area contributed by atoms with Gasteiger partial charge in [-0.3, -0.25) is 0 Å². The third kappa shape index (κ3) is 4.29. The number of ether oxygens (including phenoxy) is 3. The van der Waals surface area contributed by atoms with E-state index in [9.17, 15) is 0 Å². The highest BCUT2D eigenvalue weighted by molar-refractivity contribution is 7.80. The predicted molar refractivity (Wildman–Crippen MR) is 108 cm³/mol. The van der Waals surface area contributed by atoms with Crippen LogP contribution in [0.4, 0.5) is 11.4 Å². The molecular weight excluding hydrogens is 366 g/mol. The summed E-state index contributed by atoms with van der Waals surface area (Å²) in [5, 5.41) is 6.66. The number of aromatic nitrogens is 1. The number of thiocarbonyl (C=S) groups is 1. The Labute approximate surface area is 162 Å². The summed E-state index contributed by atoms with van der Waals surface area (Å²) in [6.45, 7) is 0. The molecule has 0 spiro atoms. The van der Waals surface area contributed by atoms with Crippen LogP contribution in [-0.2, 0) is 0 Å². The van der Waals surface area contributed by atoms with Gasteiger partial charge in [-0.05, 0) is 36.5 Å². The van der Waals surface area contributed by atoms with Crippen LogP contribution < -0.4 is 24.8 Å². The highest BCUT2D eigenvalue weighted by atomic mass is 32.1. The molecule has 0 bridgehead atoms. The smallest absolute Gasteiger partial charge is 0.181 e. The van der Waals surface area contributed by atoms with Crippen molar-refractivity contribution >= 4 is 28.7 Å². The molecule has 1 aromatic heterocycles. The van der Waals surface area contributed by atoms with Crippen LogP contribution in [0.5, 0.6) is 17.2 Å². The van der Waals surface area contributed by atoms with Crippen molar-refractivity contribution in [1.82, 2.24) is 4.98 Å². The van der Waals surface area contributed by atoms with Crippen molar-refractivity contribution in [2.24, 2.45) is 0 Å². The molecule has 0 fully saturated rings. The van der Waals surface area contributed by atoms with E-state index in [0.717, 1.165) is 16.9 Å². The van der Waals surface area contributed by atoms with E-state index in [1.54, 1.807) is 39.7 Å². The Morgan fingerprint density at radius 1 is 0.889 bits per heavy atom. The number of nitrogens with one attached hydrogen (secondary N) is 2. The van der Waals surface area contributed by atoms with Crippen molar-refractivity contribution in [1.29, 1.82) is 0 Å². The van der Waals surface area contributed by atoms with E-state index in [1.807, 2.05) is 24.3 Å². The van der Waals surface area contributed by atoms with Crippen molar-refractivity contribution < 1.29 is 18.6 Å². The molecule has 2 N–H and O–H groups in total. The fourth-order valence-corrected chi connectivity index (χ4v) is 2.76. The number of benzene rings is 2. The first-order valence-corrected chi connectivity index (χ1v) is 8.42. The summed E-state index contributed by atoms with van der Waals surface area (Å²) in [5.74, 6) is 2.54. The van der Waals surface area contributed by atoms with Crippen molar-refractivity contribution in [3.8, 4) is 28.6 Å². The van der Waals surface area contributed by atoms with Gasteiger partial charge < -0.3 is 29.3 Å². The van der Waals surface area contributed by atoms with E-state index in [0.29, 0.717) is 28.1 Å². The van der Waals surface area contributed by atoms with Crippen molar-refractivity contribution in [3.63, 3.8) is 0 Å². The molecular formula is C19H19N3O4S. The minimum atomic E-state index is 0.427. The van der Waals surface area contributed by atoms with E-state index >= 15 is 0 Å². The molecule has 0 saturated carbocycles. The van der Waals surface area contributed by atoms with Gasteiger partial charge in [0.15, 0.2) is 28.8 Å². The summed E-state index contributed by atoms with van der Waals surface area (Å²) in [4.78, 5) is 3.93. The van der Waals surface area contributed by atoms with E-state index in [1.165, 1.54) is 6.39 Å². The number of oxazole rings is 1. The lowest BCUT2D eigenvalue weighted by molar-refractivity contribution is 0.355. The Bertz CT molecular complexity index is 929. The first-order chi connectivity index (χ1) is 13.1. The monoisotopic (exact) mass is 385 g/mol. The second-order valence-corrected chi connectivity index (χ2v) is 5.84. The fourth-order valence-electron chi connectivity index (χ4n) is 2.53. The second kappa shape index (κ2) is 8.41. The average Bonchev–Trinajstić information content (AvgIpc) is 3.22. The van der Waals surface area contributed by atoms with Crippen LogP contribution >= 0.6 is 12.2 Å². The molecule has 0 amide bonds. The van der Waals surface area contributed by atoms with E-state index in [4.69, 9.17) is 30.8 Å². The Morgan fingerprint density at radius 3 is 2.11 bits per heavy atom. The summed E-state index contributed by atoms with van der Waals surface area (Å²) in [6.07, 6.45) is 3.01. The molecule has 3 rings (SSSR count). The second-order valence-electron chi connectivity index (χ2n) is 5.43. The summed E-state index contributed by atoms with van der Waals surface area (Å²) < 4.78 is 21.3. The van der Waals surface area contributed by atoms with Crippen molar-refractivity contribution in [2.75, 3.05) is 32.0 Å². The van der Waals surface area contributed by atoms with Gasteiger partial charge in [0, 0.05) is 23.5 Å². The topological polar surface area (TPSA) is 77.8 Å².